The van der Waals surface area contributed by atoms with Crippen LogP contribution in [0, 0.1) is 0 Å². The molecule has 2 atom stereocenters. The lowest BCUT2D eigenvalue weighted by Gasteiger charge is -2.49. The minimum Gasteiger partial charge on any atom is -0.323 e. The first-order valence-corrected chi connectivity index (χ1v) is 9.01. The number of rotatable bonds is 5. The Morgan fingerprint density at radius 1 is 0.680 bits per heavy atom. The van der Waals surface area contributed by atoms with E-state index in [1.165, 1.54) is 16.7 Å². The number of benzene rings is 3. The van der Waals surface area contributed by atoms with Gasteiger partial charge < -0.3 is 5.73 Å². The molecule has 1 aliphatic rings. The molecule has 0 amide bonds. The van der Waals surface area contributed by atoms with Crippen LogP contribution in [0.25, 0.3) is 0 Å². The minimum atomic E-state index is 0.0462. The molecule has 0 aliphatic carbocycles. The van der Waals surface area contributed by atoms with E-state index in [-0.39, 0.29) is 12.1 Å². The molecule has 2 heteroatoms. The Morgan fingerprint density at radius 2 is 1.12 bits per heavy atom. The quantitative estimate of drug-likeness (QED) is 0.744. The Labute approximate surface area is 149 Å². The first-order valence-electron chi connectivity index (χ1n) is 9.01. The Hall–Kier alpha value is -2.42. The molecular weight excluding hydrogens is 304 g/mol. The van der Waals surface area contributed by atoms with Gasteiger partial charge in [-0.2, -0.15) is 0 Å². The molecule has 4 rings (SSSR count). The molecule has 126 valence electrons. The second kappa shape index (κ2) is 7.22. The molecular formula is C23H24N2. The van der Waals surface area contributed by atoms with E-state index in [0.29, 0.717) is 6.04 Å². The van der Waals surface area contributed by atoms with Crippen molar-refractivity contribution in [3.8, 4) is 0 Å². The average Bonchev–Trinajstić information content (AvgIpc) is 2.67. The van der Waals surface area contributed by atoms with Gasteiger partial charge in [-0.3, -0.25) is 4.90 Å². The Kier molecular flexibility index (Phi) is 4.64. The molecule has 2 nitrogen and oxygen atoms in total. The number of nitrogens with zero attached hydrogens (tertiary/aromatic N) is 1. The highest BCUT2D eigenvalue weighted by Gasteiger charge is 2.39. The highest BCUT2D eigenvalue weighted by atomic mass is 15.3. The second-order valence-corrected chi connectivity index (χ2v) is 6.75. The SMILES string of the molecule is NC(c1ccccc1)C1CCN1C(c1ccccc1)c1ccccc1. The van der Waals surface area contributed by atoms with Gasteiger partial charge in [-0.15, -0.1) is 0 Å². The van der Waals surface area contributed by atoms with Crippen molar-refractivity contribution in [3.05, 3.63) is 108 Å². The lowest BCUT2D eigenvalue weighted by Crippen LogP contribution is -2.54. The first kappa shape index (κ1) is 16.1. The van der Waals surface area contributed by atoms with Gasteiger partial charge in [0.2, 0.25) is 0 Å². The van der Waals surface area contributed by atoms with Gasteiger partial charge in [0, 0.05) is 18.6 Å². The zero-order valence-electron chi connectivity index (χ0n) is 14.3. The van der Waals surface area contributed by atoms with Gasteiger partial charge in [-0.05, 0) is 23.1 Å². The molecule has 3 aromatic rings. The van der Waals surface area contributed by atoms with E-state index < -0.39 is 0 Å². The van der Waals surface area contributed by atoms with Gasteiger partial charge in [0.05, 0.1) is 6.04 Å². The maximum absolute atomic E-state index is 6.64. The highest BCUT2D eigenvalue weighted by Crippen LogP contribution is 2.39. The summed E-state index contributed by atoms with van der Waals surface area (Å²) < 4.78 is 0. The van der Waals surface area contributed by atoms with Gasteiger partial charge in [0.15, 0.2) is 0 Å². The monoisotopic (exact) mass is 328 g/mol. The molecule has 1 saturated heterocycles. The van der Waals surface area contributed by atoms with Gasteiger partial charge in [-0.25, -0.2) is 0 Å². The van der Waals surface area contributed by atoms with E-state index >= 15 is 0 Å². The summed E-state index contributed by atoms with van der Waals surface area (Å²) in [6.45, 7) is 1.08. The number of nitrogens with two attached hydrogens (primary N) is 1. The van der Waals surface area contributed by atoms with Crippen molar-refractivity contribution in [2.45, 2.75) is 24.5 Å². The predicted molar refractivity (Wildman–Crippen MR) is 103 cm³/mol. The zero-order valence-corrected chi connectivity index (χ0v) is 14.3. The van der Waals surface area contributed by atoms with Crippen molar-refractivity contribution < 1.29 is 0 Å². The van der Waals surface area contributed by atoms with Crippen LogP contribution in [0.4, 0.5) is 0 Å². The van der Waals surface area contributed by atoms with Crippen LogP contribution >= 0.6 is 0 Å². The summed E-state index contributed by atoms with van der Waals surface area (Å²) in [4.78, 5) is 2.56. The molecule has 0 saturated carbocycles. The molecule has 1 aliphatic heterocycles. The lowest BCUT2D eigenvalue weighted by atomic mass is 9.85. The lowest BCUT2D eigenvalue weighted by molar-refractivity contribution is 0.0393. The minimum absolute atomic E-state index is 0.0462. The van der Waals surface area contributed by atoms with Crippen molar-refractivity contribution in [3.63, 3.8) is 0 Å². The maximum Gasteiger partial charge on any atom is 0.0604 e. The molecule has 2 N–H and O–H groups in total. The molecule has 3 aromatic carbocycles. The van der Waals surface area contributed by atoms with E-state index in [9.17, 15) is 0 Å². The Balaban J connectivity index is 1.66. The fourth-order valence-corrected chi connectivity index (χ4v) is 3.88. The van der Waals surface area contributed by atoms with E-state index in [4.69, 9.17) is 5.73 Å². The summed E-state index contributed by atoms with van der Waals surface area (Å²) in [6.07, 6.45) is 1.15. The van der Waals surface area contributed by atoms with E-state index in [1.807, 2.05) is 6.07 Å². The van der Waals surface area contributed by atoms with Gasteiger partial charge in [0.1, 0.15) is 0 Å². The van der Waals surface area contributed by atoms with Crippen LogP contribution < -0.4 is 5.73 Å². The van der Waals surface area contributed by atoms with Crippen molar-refractivity contribution in [2.24, 2.45) is 5.73 Å². The molecule has 0 radical (unpaired) electrons. The standard InChI is InChI=1S/C23H24N2/c24-22(18-10-4-1-5-11-18)21-16-17-25(21)23(19-12-6-2-7-13-19)20-14-8-3-9-15-20/h1-15,21-23H,16-17,24H2. The summed E-state index contributed by atoms with van der Waals surface area (Å²) in [5, 5.41) is 0. The molecule has 0 aromatic heterocycles. The fraction of sp³-hybridized carbons (Fsp3) is 0.217. The van der Waals surface area contributed by atoms with Crippen molar-refractivity contribution in [1.29, 1.82) is 0 Å². The summed E-state index contributed by atoms with van der Waals surface area (Å²) in [6, 6.07) is 32.7. The zero-order chi connectivity index (χ0) is 17.1. The van der Waals surface area contributed by atoms with Gasteiger partial charge in [0.25, 0.3) is 0 Å². The van der Waals surface area contributed by atoms with E-state index in [1.54, 1.807) is 0 Å². The summed E-state index contributed by atoms with van der Waals surface area (Å²) in [7, 11) is 0. The topological polar surface area (TPSA) is 29.3 Å². The normalized spacial score (nSPS) is 18.7. The molecule has 0 bridgehead atoms. The first-order chi connectivity index (χ1) is 12.3. The van der Waals surface area contributed by atoms with Crippen LogP contribution in [-0.4, -0.2) is 17.5 Å². The van der Waals surface area contributed by atoms with Crippen molar-refractivity contribution in [2.75, 3.05) is 6.54 Å². The Morgan fingerprint density at radius 3 is 1.52 bits per heavy atom. The van der Waals surface area contributed by atoms with Crippen LogP contribution in [0.2, 0.25) is 0 Å². The summed E-state index contributed by atoms with van der Waals surface area (Å²) in [5.74, 6) is 0. The highest BCUT2D eigenvalue weighted by molar-refractivity contribution is 5.33. The largest absolute Gasteiger partial charge is 0.323 e. The number of hydrogen-bond donors (Lipinski definition) is 1. The third-order valence-electron chi connectivity index (χ3n) is 5.27. The van der Waals surface area contributed by atoms with E-state index in [2.05, 4.69) is 89.8 Å². The maximum atomic E-state index is 6.64. The van der Waals surface area contributed by atoms with Crippen molar-refractivity contribution >= 4 is 0 Å². The molecule has 25 heavy (non-hydrogen) atoms. The molecule has 0 spiro atoms. The molecule has 1 fully saturated rings. The van der Waals surface area contributed by atoms with E-state index in [0.717, 1.165) is 13.0 Å². The molecule has 1 heterocycles. The summed E-state index contributed by atoms with van der Waals surface area (Å²) >= 11 is 0. The predicted octanol–water partition coefficient (Wildman–Crippen LogP) is 4.55. The Bertz CT molecular complexity index is 747. The van der Waals surface area contributed by atoms with Crippen LogP contribution in [0.3, 0.4) is 0 Å². The van der Waals surface area contributed by atoms with Gasteiger partial charge >= 0.3 is 0 Å². The smallest absolute Gasteiger partial charge is 0.0604 e. The third kappa shape index (κ3) is 3.23. The fourth-order valence-electron chi connectivity index (χ4n) is 3.88. The summed E-state index contributed by atoms with van der Waals surface area (Å²) in [5.41, 5.74) is 10.5. The van der Waals surface area contributed by atoms with Crippen LogP contribution in [0.5, 0.6) is 0 Å². The number of hydrogen-bond acceptors (Lipinski definition) is 2. The third-order valence-corrected chi connectivity index (χ3v) is 5.27. The van der Waals surface area contributed by atoms with Crippen LogP contribution in [0.1, 0.15) is 35.2 Å². The number of likely N-dealkylation sites (tertiary alicyclic amines) is 1. The second-order valence-electron chi connectivity index (χ2n) is 6.75. The average molecular weight is 328 g/mol. The van der Waals surface area contributed by atoms with Gasteiger partial charge in [-0.1, -0.05) is 91.0 Å². The van der Waals surface area contributed by atoms with Crippen LogP contribution in [-0.2, 0) is 0 Å². The van der Waals surface area contributed by atoms with Crippen LogP contribution in [0.15, 0.2) is 91.0 Å². The molecule has 2 unspecified atom stereocenters. The van der Waals surface area contributed by atoms with Crippen molar-refractivity contribution in [1.82, 2.24) is 4.90 Å².